The first-order chi connectivity index (χ1) is 13.6. The lowest BCUT2D eigenvalue weighted by atomic mass is 10.1. The number of hydrogen-bond acceptors (Lipinski definition) is 3. The smallest absolute Gasteiger partial charge is 0.175 e. The second kappa shape index (κ2) is 9.92. The van der Waals surface area contributed by atoms with E-state index < -0.39 is 0 Å². The first-order valence-electron chi connectivity index (χ1n) is 8.74. The van der Waals surface area contributed by atoms with E-state index in [0.717, 1.165) is 21.2 Å². The summed E-state index contributed by atoms with van der Waals surface area (Å²) in [5, 5.41) is 4.01. The highest BCUT2D eigenvalue weighted by atomic mass is 79.9. The van der Waals surface area contributed by atoms with Gasteiger partial charge in [0.25, 0.3) is 0 Å². The summed E-state index contributed by atoms with van der Waals surface area (Å²) in [6.45, 7) is 1.62. The molecule has 3 nitrogen and oxygen atoms in total. The summed E-state index contributed by atoms with van der Waals surface area (Å²) in [5.74, 6) is 1.04. The largest absolute Gasteiger partial charge is 0.493 e. The van der Waals surface area contributed by atoms with Crippen LogP contribution >= 0.6 is 27.5 Å². The van der Waals surface area contributed by atoms with E-state index in [1.807, 2.05) is 36.4 Å². The molecule has 3 rings (SSSR count). The van der Waals surface area contributed by atoms with E-state index in [9.17, 15) is 4.39 Å². The van der Waals surface area contributed by atoms with E-state index in [0.29, 0.717) is 36.2 Å². The molecule has 6 heteroatoms. The molecule has 0 aliphatic rings. The number of benzene rings is 3. The molecule has 0 saturated heterocycles. The Morgan fingerprint density at radius 2 is 1.71 bits per heavy atom. The zero-order valence-corrected chi connectivity index (χ0v) is 17.7. The third-order valence-corrected chi connectivity index (χ3v) is 5.15. The van der Waals surface area contributed by atoms with Crippen molar-refractivity contribution in [2.75, 3.05) is 7.11 Å². The lowest BCUT2D eigenvalue weighted by molar-refractivity contribution is 0.282. The van der Waals surface area contributed by atoms with Crippen molar-refractivity contribution in [3.63, 3.8) is 0 Å². The molecule has 0 unspecified atom stereocenters. The Kier molecular flexibility index (Phi) is 7.31. The van der Waals surface area contributed by atoms with Crippen LogP contribution in [0, 0.1) is 5.82 Å². The van der Waals surface area contributed by atoms with E-state index in [4.69, 9.17) is 21.1 Å². The third-order valence-electron chi connectivity index (χ3n) is 4.19. The number of nitrogens with one attached hydrogen (secondary N) is 1. The maximum absolute atomic E-state index is 13.0. The van der Waals surface area contributed by atoms with Gasteiger partial charge in [0.2, 0.25) is 0 Å². The molecule has 0 heterocycles. The Labute approximate surface area is 177 Å². The number of methoxy groups -OCH3 is 1. The highest BCUT2D eigenvalue weighted by Crippen LogP contribution is 2.37. The molecule has 1 N–H and O–H groups in total. The monoisotopic (exact) mass is 463 g/mol. The molecule has 0 radical (unpaired) electrons. The molecule has 0 saturated carbocycles. The van der Waals surface area contributed by atoms with Gasteiger partial charge in [0.15, 0.2) is 11.5 Å². The van der Waals surface area contributed by atoms with Crippen LogP contribution in [0.5, 0.6) is 11.5 Å². The lowest BCUT2D eigenvalue weighted by Crippen LogP contribution is -2.13. The van der Waals surface area contributed by atoms with Crippen LogP contribution in [0.4, 0.5) is 4.39 Å². The fraction of sp³-hybridized carbons (Fsp3) is 0.182. The molecule has 3 aromatic rings. The standard InChI is InChI=1S/C22H20BrClFNO2/c1-27-21-11-16(13-26-12-15-6-8-18(25)9-7-15)10-19(23)22(21)28-14-17-4-2-3-5-20(17)24/h2-11,26H,12-14H2,1H3. The van der Waals surface area contributed by atoms with Crippen LogP contribution in [0.15, 0.2) is 65.1 Å². The summed E-state index contributed by atoms with van der Waals surface area (Å²) in [5.41, 5.74) is 2.96. The minimum absolute atomic E-state index is 0.232. The van der Waals surface area contributed by atoms with Crippen molar-refractivity contribution in [3.05, 3.63) is 92.7 Å². The predicted molar refractivity (Wildman–Crippen MR) is 113 cm³/mol. The van der Waals surface area contributed by atoms with E-state index in [-0.39, 0.29) is 5.82 Å². The molecule has 146 valence electrons. The van der Waals surface area contributed by atoms with E-state index in [2.05, 4.69) is 21.2 Å². The van der Waals surface area contributed by atoms with Gasteiger partial charge in [-0.3, -0.25) is 0 Å². The number of ether oxygens (including phenoxy) is 2. The van der Waals surface area contributed by atoms with Crippen molar-refractivity contribution in [2.45, 2.75) is 19.7 Å². The molecule has 0 aliphatic carbocycles. The molecular formula is C22H20BrClFNO2. The normalized spacial score (nSPS) is 10.7. The third kappa shape index (κ3) is 5.47. The maximum Gasteiger partial charge on any atom is 0.175 e. The Bertz CT molecular complexity index is 934. The summed E-state index contributed by atoms with van der Waals surface area (Å²) < 4.78 is 25.2. The van der Waals surface area contributed by atoms with Gasteiger partial charge >= 0.3 is 0 Å². The van der Waals surface area contributed by atoms with Crippen LogP contribution < -0.4 is 14.8 Å². The van der Waals surface area contributed by atoms with Crippen LogP contribution in [0.25, 0.3) is 0 Å². The van der Waals surface area contributed by atoms with Crippen molar-refractivity contribution < 1.29 is 13.9 Å². The minimum atomic E-state index is -0.232. The van der Waals surface area contributed by atoms with Crippen LogP contribution in [0.3, 0.4) is 0 Å². The Balaban J connectivity index is 1.65. The number of halogens is 3. The van der Waals surface area contributed by atoms with Crippen LogP contribution in [0.1, 0.15) is 16.7 Å². The van der Waals surface area contributed by atoms with E-state index >= 15 is 0 Å². The Morgan fingerprint density at radius 1 is 1.00 bits per heavy atom. The number of rotatable bonds is 8. The zero-order chi connectivity index (χ0) is 19.9. The summed E-state index contributed by atoms with van der Waals surface area (Å²) >= 11 is 9.76. The van der Waals surface area contributed by atoms with Crippen molar-refractivity contribution in [3.8, 4) is 11.5 Å². The fourth-order valence-corrected chi connectivity index (χ4v) is 3.53. The average molecular weight is 465 g/mol. The summed E-state index contributed by atoms with van der Waals surface area (Å²) in [6, 6.07) is 18.0. The predicted octanol–water partition coefficient (Wildman–Crippen LogP) is 6.12. The molecule has 0 spiro atoms. The molecule has 28 heavy (non-hydrogen) atoms. The summed E-state index contributed by atoms with van der Waals surface area (Å²) in [7, 11) is 1.61. The summed E-state index contributed by atoms with van der Waals surface area (Å²) in [4.78, 5) is 0. The first-order valence-corrected chi connectivity index (χ1v) is 9.91. The van der Waals surface area contributed by atoms with Crippen molar-refractivity contribution in [1.82, 2.24) is 5.32 Å². The topological polar surface area (TPSA) is 30.5 Å². The average Bonchev–Trinajstić information content (AvgIpc) is 2.69. The van der Waals surface area contributed by atoms with Crippen molar-refractivity contribution >= 4 is 27.5 Å². The van der Waals surface area contributed by atoms with E-state index in [1.165, 1.54) is 12.1 Å². The molecule has 0 fully saturated rings. The maximum atomic E-state index is 13.0. The van der Waals surface area contributed by atoms with Crippen molar-refractivity contribution in [2.24, 2.45) is 0 Å². The molecule has 0 aromatic heterocycles. The Hall–Kier alpha value is -2.08. The SMILES string of the molecule is COc1cc(CNCc2ccc(F)cc2)cc(Br)c1OCc1ccccc1Cl. The second-order valence-corrected chi connectivity index (χ2v) is 7.48. The molecule has 0 bridgehead atoms. The Morgan fingerprint density at radius 3 is 2.43 bits per heavy atom. The molecular weight excluding hydrogens is 445 g/mol. The van der Waals surface area contributed by atoms with Gasteiger partial charge < -0.3 is 14.8 Å². The molecule has 3 aromatic carbocycles. The van der Waals surface area contributed by atoms with Crippen LogP contribution in [-0.2, 0) is 19.7 Å². The quantitative estimate of drug-likeness (QED) is 0.436. The van der Waals surface area contributed by atoms with Crippen LogP contribution in [-0.4, -0.2) is 7.11 Å². The first kappa shape index (κ1) is 20.6. The van der Waals surface area contributed by atoms with Gasteiger partial charge in [-0.1, -0.05) is 41.9 Å². The van der Waals surface area contributed by atoms with Gasteiger partial charge in [0, 0.05) is 23.7 Å². The van der Waals surface area contributed by atoms with Gasteiger partial charge in [-0.05, 0) is 57.4 Å². The second-order valence-electron chi connectivity index (χ2n) is 6.22. The van der Waals surface area contributed by atoms with Crippen LogP contribution in [0.2, 0.25) is 5.02 Å². The van der Waals surface area contributed by atoms with Gasteiger partial charge in [-0.2, -0.15) is 0 Å². The highest BCUT2D eigenvalue weighted by Gasteiger charge is 2.13. The van der Waals surface area contributed by atoms with Gasteiger partial charge in [-0.15, -0.1) is 0 Å². The highest BCUT2D eigenvalue weighted by molar-refractivity contribution is 9.10. The van der Waals surface area contributed by atoms with Crippen molar-refractivity contribution in [1.29, 1.82) is 0 Å². The van der Waals surface area contributed by atoms with Gasteiger partial charge in [-0.25, -0.2) is 4.39 Å². The number of hydrogen-bond donors (Lipinski definition) is 1. The fourth-order valence-electron chi connectivity index (χ4n) is 2.73. The zero-order valence-electron chi connectivity index (χ0n) is 15.3. The molecule has 0 aliphatic heterocycles. The van der Waals surface area contributed by atoms with E-state index in [1.54, 1.807) is 19.2 Å². The molecule has 0 amide bonds. The lowest BCUT2D eigenvalue weighted by Gasteiger charge is -2.15. The molecule has 0 atom stereocenters. The van der Waals surface area contributed by atoms with Gasteiger partial charge in [0.05, 0.1) is 11.6 Å². The summed E-state index contributed by atoms with van der Waals surface area (Å²) in [6.07, 6.45) is 0. The van der Waals surface area contributed by atoms with Gasteiger partial charge in [0.1, 0.15) is 12.4 Å². The minimum Gasteiger partial charge on any atom is -0.493 e.